The van der Waals surface area contributed by atoms with Gasteiger partial charge in [0.2, 0.25) is 5.91 Å². The van der Waals surface area contributed by atoms with Crippen molar-refractivity contribution >= 4 is 17.8 Å². The summed E-state index contributed by atoms with van der Waals surface area (Å²) < 4.78 is 12.1. The molecule has 0 saturated carbocycles. The van der Waals surface area contributed by atoms with E-state index in [9.17, 15) is 14.7 Å². The molecule has 41 heavy (non-hydrogen) atoms. The molecule has 9 heteroatoms. The fraction of sp³-hybridized carbons (Fsp3) is 0.531. The number of carbonyl (C=O) groups excluding carboxylic acids is 2. The molecular formula is C32H40N4O5. The van der Waals surface area contributed by atoms with Gasteiger partial charge in [-0.15, -0.1) is 0 Å². The number of rotatable bonds is 1. The Labute approximate surface area is 241 Å². The fourth-order valence-electron chi connectivity index (χ4n) is 6.88. The Balaban J connectivity index is 1.44. The molecule has 0 unspecified atom stereocenters. The number of nitrogens with zero attached hydrogens (tertiary/aromatic N) is 1. The van der Waals surface area contributed by atoms with Crippen LogP contribution in [0.2, 0.25) is 0 Å². The molecule has 0 spiro atoms. The second-order valence-corrected chi connectivity index (χ2v) is 12.8. The van der Waals surface area contributed by atoms with Crippen LogP contribution in [0, 0.1) is 11.3 Å². The van der Waals surface area contributed by atoms with Crippen LogP contribution in [-0.4, -0.2) is 51.6 Å². The van der Waals surface area contributed by atoms with Gasteiger partial charge in [-0.25, -0.2) is 0 Å². The topological polar surface area (TPSA) is 124 Å². The molecule has 218 valence electrons. The van der Waals surface area contributed by atoms with Crippen LogP contribution in [0.15, 0.2) is 36.4 Å². The number of amides is 2. The lowest BCUT2D eigenvalue weighted by Crippen LogP contribution is -2.65. The van der Waals surface area contributed by atoms with Gasteiger partial charge in [-0.05, 0) is 74.9 Å². The average molecular weight is 561 g/mol. The van der Waals surface area contributed by atoms with Gasteiger partial charge in [0.05, 0.1) is 30.7 Å². The highest BCUT2D eigenvalue weighted by Crippen LogP contribution is 2.43. The Kier molecular flexibility index (Phi) is 6.76. The van der Waals surface area contributed by atoms with E-state index in [0.717, 1.165) is 36.8 Å². The van der Waals surface area contributed by atoms with Crippen molar-refractivity contribution in [2.75, 3.05) is 6.61 Å². The molecule has 1 saturated heterocycles. The molecule has 0 radical (unpaired) electrons. The summed E-state index contributed by atoms with van der Waals surface area (Å²) in [4.78, 5) is 29.0. The number of ether oxygens (including phenoxy) is 2. The van der Waals surface area contributed by atoms with Gasteiger partial charge in [-0.3, -0.25) is 19.9 Å². The lowest BCUT2D eigenvalue weighted by molar-refractivity contribution is -0.134. The lowest BCUT2D eigenvalue weighted by Gasteiger charge is -2.48. The average Bonchev–Trinajstić information content (AvgIpc) is 2.92. The summed E-state index contributed by atoms with van der Waals surface area (Å²) in [6.07, 6.45) is 3.24. The van der Waals surface area contributed by atoms with Crippen LogP contribution in [0.1, 0.15) is 98.9 Å². The molecule has 2 amide bonds. The van der Waals surface area contributed by atoms with Crippen LogP contribution >= 0.6 is 0 Å². The first-order valence-electron chi connectivity index (χ1n) is 14.8. The van der Waals surface area contributed by atoms with Gasteiger partial charge in [-0.2, -0.15) is 0 Å². The Morgan fingerprint density at radius 2 is 1.85 bits per heavy atom. The van der Waals surface area contributed by atoms with Crippen molar-refractivity contribution in [2.45, 2.75) is 95.5 Å². The Morgan fingerprint density at radius 3 is 2.61 bits per heavy atom. The Hall–Kier alpha value is -3.59. The number of aliphatic hydroxyl groups excluding tert-OH is 1. The highest BCUT2D eigenvalue weighted by molar-refractivity contribution is 6.00. The first kappa shape index (κ1) is 27.6. The molecule has 1 fully saturated rings. The minimum atomic E-state index is -0.967. The van der Waals surface area contributed by atoms with Crippen molar-refractivity contribution < 1.29 is 24.2 Å². The maximum absolute atomic E-state index is 13.8. The molecule has 9 nitrogen and oxygen atoms in total. The molecule has 5 aliphatic rings. The van der Waals surface area contributed by atoms with Crippen LogP contribution in [-0.2, 0) is 11.2 Å². The fourth-order valence-corrected chi connectivity index (χ4v) is 6.88. The maximum atomic E-state index is 13.8. The summed E-state index contributed by atoms with van der Waals surface area (Å²) in [5, 5.41) is 26.8. The van der Waals surface area contributed by atoms with Gasteiger partial charge >= 0.3 is 0 Å². The summed E-state index contributed by atoms with van der Waals surface area (Å²) in [6, 6.07) is 10.2. The van der Waals surface area contributed by atoms with E-state index in [1.165, 1.54) is 0 Å². The predicted molar refractivity (Wildman–Crippen MR) is 154 cm³/mol. The zero-order valence-electron chi connectivity index (χ0n) is 24.3. The molecule has 6 bridgehead atoms. The molecule has 0 aromatic heterocycles. The number of carbonyl (C=O) groups is 2. The summed E-state index contributed by atoms with van der Waals surface area (Å²) >= 11 is 0. The van der Waals surface area contributed by atoms with E-state index in [4.69, 9.17) is 14.9 Å². The van der Waals surface area contributed by atoms with Crippen molar-refractivity contribution in [1.29, 1.82) is 5.41 Å². The van der Waals surface area contributed by atoms with Crippen molar-refractivity contribution in [1.82, 2.24) is 15.5 Å². The second-order valence-electron chi connectivity index (χ2n) is 12.8. The maximum Gasteiger partial charge on any atom is 0.251 e. The predicted octanol–water partition coefficient (Wildman–Crippen LogP) is 4.39. The van der Waals surface area contributed by atoms with Crippen molar-refractivity contribution in [2.24, 2.45) is 5.92 Å². The van der Waals surface area contributed by atoms with E-state index < -0.39 is 29.3 Å². The minimum absolute atomic E-state index is 0.0796. The van der Waals surface area contributed by atoms with E-state index in [2.05, 4.69) is 24.5 Å². The largest absolute Gasteiger partial charge is 0.493 e. The van der Waals surface area contributed by atoms with Gasteiger partial charge in [0.15, 0.2) is 5.96 Å². The van der Waals surface area contributed by atoms with Crippen LogP contribution in [0.4, 0.5) is 0 Å². The van der Waals surface area contributed by atoms with Crippen LogP contribution < -0.4 is 20.1 Å². The first-order valence-corrected chi connectivity index (χ1v) is 14.8. The summed E-state index contributed by atoms with van der Waals surface area (Å²) in [5.74, 6) is 1.11. The van der Waals surface area contributed by atoms with Crippen molar-refractivity contribution in [3.8, 4) is 11.5 Å². The van der Waals surface area contributed by atoms with Gasteiger partial charge in [0.1, 0.15) is 23.2 Å². The summed E-state index contributed by atoms with van der Waals surface area (Å²) in [6.45, 7) is 8.28. The van der Waals surface area contributed by atoms with E-state index in [0.29, 0.717) is 42.1 Å². The standard InChI is InChI=1S/C32H40N4O5/c1-18(2)32-13-6-5-7-19-8-10-25-22(15-19)27(28(38)31(3,4)41-25)34-29(39)20-9-11-24-21(16-20)23(12-14-40-24)36(26(37)17-32)30(33)35-32/h8-11,15-16,18,23,27-28,38H,5-7,12-14,17H2,1-4H3,(H2,33,35)(H,34,39)/t23-,27-,28+,32-/m1/s1. The quantitative estimate of drug-likeness (QED) is 0.410. The number of guanidine groups is 1. The van der Waals surface area contributed by atoms with Gasteiger partial charge in [0, 0.05) is 23.1 Å². The summed E-state index contributed by atoms with van der Waals surface area (Å²) in [5.41, 5.74) is 1.58. The van der Waals surface area contributed by atoms with Crippen molar-refractivity contribution in [3.63, 3.8) is 0 Å². The minimum Gasteiger partial charge on any atom is -0.493 e. The third-order valence-corrected chi connectivity index (χ3v) is 9.48. The Morgan fingerprint density at radius 1 is 1.07 bits per heavy atom. The Bertz CT molecular complexity index is 1380. The normalized spacial score (nSPS) is 29.1. The van der Waals surface area contributed by atoms with Crippen molar-refractivity contribution in [3.05, 3.63) is 58.7 Å². The molecule has 5 heterocycles. The van der Waals surface area contributed by atoms with E-state index in [-0.39, 0.29) is 23.7 Å². The first-order chi connectivity index (χ1) is 19.5. The molecule has 4 N–H and O–H groups in total. The summed E-state index contributed by atoms with van der Waals surface area (Å²) in [7, 11) is 0. The monoisotopic (exact) mass is 560 g/mol. The number of fused-ring (bicyclic) bond motifs is 6. The number of hydrogen-bond acceptors (Lipinski definition) is 6. The van der Waals surface area contributed by atoms with Gasteiger partial charge in [0.25, 0.3) is 5.91 Å². The lowest BCUT2D eigenvalue weighted by atomic mass is 9.77. The molecule has 0 aliphatic carbocycles. The second kappa shape index (κ2) is 10.0. The highest BCUT2D eigenvalue weighted by atomic mass is 16.5. The number of hydrogen-bond donors (Lipinski definition) is 4. The number of aliphatic hydroxyl groups is 1. The third kappa shape index (κ3) is 4.74. The number of nitrogens with one attached hydrogen (secondary N) is 3. The van der Waals surface area contributed by atoms with Crippen LogP contribution in [0.5, 0.6) is 11.5 Å². The highest BCUT2D eigenvalue weighted by Gasteiger charge is 2.47. The SMILES string of the molecule is CC(C)[C@]12CCCCc3ccc4c(c3)[C@@H](NC(=O)c3ccc5c(c3)[C@@H](CCO5)N(C(=N)N1)C(=O)C2)[C@H](O)C(C)(C)O4. The van der Waals surface area contributed by atoms with Crippen LogP contribution in [0.3, 0.4) is 0 Å². The molecule has 2 aromatic carbocycles. The molecule has 2 aromatic rings. The zero-order valence-corrected chi connectivity index (χ0v) is 24.3. The molecule has 5 aliphatic heterocycles. The molecule has 4 atom stereocenters. The van der Waals surface area contributed by atoms with E-state index in [1.54, 1.807) is 23.1 Å². The van der Waals surface area contributed by atoms with Crippen LogP contribution in [0.25, 0.3) is 0 Å². The molecule has 7 rings (SSSR count). The number of aryl methyl sites for hydroxylation is 1. The smallest absolute Gasteiger partial charge is 0.251 e. The number of benzene rings is 2. The zero-order chi connectivity index (χ0) is 29.1. The van der Waals surface area contributed by atoms with E-state index in [1.807, 2.05) is 32.0 Å². The van der Waals surface area contributed by atoms with Gasteiger partial charge < -0.3 is 25.2 Å². The third-order valence-electron chi connectivity index (χ3n) is 9.48. The van der Waals surface area contributed by atoms with Gasteiger partial charge in [-0.1, -0.05) is 26.3 Å². The molecular weight excluding hydrogens is 520 g/mol. The van der Waals surface area contributed by atoms with E-state index >= 15 is 0 Å².